The summed E-state index contributed by atoms with van der Waals surface area (Å²) in [5.41, 5.74) is 0. The van der Waals surface area contributed by atoms with Gasteiger partial charge in [0.15, 0.2) is 0 Å². The highest BCUT2D eigenvalue weighted by Gasteiger charge is 2.15. The summed E-state index contributed by atoms with van der Waals surface area (Å²) >= 11 is 2.08. The van der Waals surface area contributed by atoms with E-state index < -0.39 is 0 Å². The molecular formula is C11H19N3S. The van der Waals surface area contributed by atoms with E-state index in [0.717, 1.165) is 19.0 Å². The molecule has 1 aromatic heterocycles. The van der Waals surface area contributed by atoms with Gasteiger partial charge in [-0.1, -0.05) is 0 Å². The van der Waals surface area contributed by atoms with E-state index in [2.05, 4.69) is 29.1 Å². The Bertz CT molecular complexity index is 267. The summed E-state index contributed by atoms with van der Waals surface area (Å²) in [6.07, 6.45) is 5.23. The Morgan fingerprint density at radius 3 is 3.27 bits per heavy atom. The lowest BCUT2D eigenvalue weighted by molar-refractivity contribution is 0.415. The monoisotopic (exact) mass is 225 g/mol. The first-order chi connectivity index (χ1) is 7.34. The van der Waals surface area contributed by atoms with Gasteiger partial charge in [0.05, 0.1) is 6.54 Å². The molecular weight excluding hydrogens is 206 g/mol. The molecule has 0 aromatic carbocycles. The Balaban J connectivity index is 1.66. The Morgan fingerprint density at radius 2 is 2.60 bits per heavy atom. The van der Waals surface area contributed by atoms with Crippen molar-refractivity contribution >= 4 is 11.8 Å². The van der Waals surface area contributed by atoms with Crippen LogP contribution >= 0.6 is 11.8 Å². The second-order valence-corrected chi connectivity index (χ2v) is 5.42. The zero-order valence-corrected chi connectivity index (χ0v) is 10.0. The standard InChI is InChI=1S/C11H19N3S/c1-10(8-14-5-2-4-13-14)12-7-11-3-6-15-9-11/h2,4-5,10-12H,3,6-9H2,1H3. The highest BCUT2D eigenvalue weighted by atomic mass is 32.2. The molecule has 1 aliphatic heterocycles. The molecule has 0 bridgehead atoms. The van der Waals surface area contributed by atoms with Crippen molar-refractivity contribution in [1.29, 1.82) is 0 Å². The molecule has 4 heteroatoms. The molecule has 0 saturated carbocycles. The molecule has 2 rings (SSSR count). The van der Waals surface area contributed by atoms with Crippen LogP contribution < -0.4 is 5.32 Å². The zero-order valence-electron chi connectivity index (χ0n) is 9.22. The van der Waals surface area contributed by atoms with Crippen LogP contribution in [0.15, 0.2) is 18.5 Å². The highest BCUT2D eigenvalue weighted by molar-refractivity contribution is 7.99. The predicted octanol–water partition coefficient (Wildman–Crippen LogP) is 1.61. The van der Waals surface area contributed by atoms with Crippen LogP contribution in [-0.2, 0) is 6.54 Å². The SMILES string of the molecule is CC(Cn1cccn1)NCC1CCSC1. The lowest BCUT2D eigenvalue weighted by Crippen LogP contribution is -2.34. The first-order valence-corrected chi connectivity index (χ1v) is 6.78. The van der Waals surface area contributed by atoms with E-state index in [9.17, 15) is 0 Å². The minimum atomic E-state index is 0.510. The third-order valence-electron chi connectivity index (χ3n) is 2.80. The van der Waals surface area contributed by atoms with Gasteiger partial charge < -0.3 is 5.32 Å². The first kappa shape index (κ1) is 11.0. The average Bonchev–Trinajstić information content (AvgIpc) is 2.86. The van der Waals surface area contributed by atoms with Crippen molar-refractivity contribution in [3.05, 3.63) is 18.5 Å². The maximum absolute atomic E-state index is 4.21. The predicted molar refractivity (Wildman–Crippen MR) is 65.1 cm³/mol. The third-order valence-corrected chi connectivity index (χ3v) is 4.03. The maximum Gasteiger partial charge on any atom is 0.0559 e. The zero-order chi connectivity index (χ0) is 10.5. The summed E-state index contributed by atoms with van der Waals surface area (Å²) in [7, 11) is 0. The number of thioether (sulfide) groups is 1. The Labute approximate surface area is 95.6 Å². The topological polar surface area (TPSA) is 29.9 Å². The molecule has 0 radical (unpaired) electrons. The van der Waals surface area contributed by atoms with Crippen molar-refractivity contribution in [3.8, 4) is 0 Å². The van der Waals surface area contributed by atoms with Crippen molar-refractivity contribution in [2.24, 2.45) is 5.92 Å². The second-order valence-electron chi connectivity index (χ2n) is 4.27. The molecule has 2 heterocycles. The summed E-state index contributed by atoms with van der Waals surface area (Å²) in [5.74, 6) is 3.57. The minimum absolute atomic E-state index is 0.510. The number of hydrogen-bond acceptors (Lipinski definition) is 3. The fourth-order valence-corrected chi connectivity index (χ4v) is 3.15. The van der Waals surface area contributed by atoms with Gasteiger partial charge in [0, 0.05) is 18.4 Å². The molecule has 3 nitrogen and oxygen atoms in total. The van der Waals surface area contributed by atoms with E-state index >= 15 is 0 Å². The van der Waals surface area contributed by atoms with Crippen molar-refractivity contribution in [2.45, 2.75) is 25.9 Å². The molecule has 1 aromatic rings. The van der Waals surface area contributed by atoms with Gasteiger partial charge in [-0.2, -0.15) is 16.9 Å². The molecule has 0 aliphatic carbocycles. The molecule has 0 amide bonds. The Morgan fingerprint density at radius 1 is 1.67 bits per heavy atom. The molecule has 1 aliphatic rings. The van der Waals surface area contributed by atoms with E-state index in [1.807, 2.05) is 23.1 Å². The van der Waals surface area contributed by atoms with Crippen LogP contribution in [0.25, 0.3) is 0 Å². The van der Waals surface area contributed by atoms with Crippen molar-refractivity contribution in [3.63, 3.8) is 0 Å². The maximum atomic E-state index is 4.21. The van der Waals surface area contributed by atoms with E-state index in [-0.39, 0.29) is 0 Å². The number of rotatable bonds is 5. The number of nitrogens with zero attached hydrogens (tertiary/aromatic N) is 2. The van der Waals surface area contributed by atoms with E-state index in [0.29, 0.717) is 6.04 Å². The highest BCUT2D eigenvalue weighted by Crippen LogP contribution is 2.22. The van der Waals surface area contributed by atoms with Gasteiger partial charge >= 0.3 is 0 Å². The van der Waals surface area contributed by atoms with Gasteiger partial charge in [-0.3, -0.25) is 4.68 Å². The molecule has 2 atom stereocenters. The number of hydrogen-bond donors (Lipinski definition) is 1. The van der Waals surface area contributed by atoms with Gasteiger partial charge in [-0.05, 0) is 43.4 Å². The Kier molecular flexibility index (Phi) is 4.09. The van der Waals surface area contributed by atoms with Crippen molar-refractivity contribution < 1.29 is 0 Å². The summed E-state index contributed by atoms with van der Waals surface area (Å²) in [6, 6.07) is 2.48. The van der Waals surface area contributed by atoms with Crippen LogP contribution in [0.4, 0.5) is 0 Å². The third kappa shape index (κ3) is 3.54. The molecule has 0 spiro atoms. The summed E-state index contributed by atoms with van der Waals surface area (Å²) in [4.78, 5) is 0. The lowest BCUT2D eigenvalue weighted by Gasteiger charge is -2.16. The molecule has 84 valence electrons. The van der Waals surface area contributed by atoms with Gasteiger partial charge in [0.25, 0.3) is 0 Å². The largest absolute Gasteiger partial charge is 0.312 e. The fourth-order valence-electron chi connectivity index (χ4n) is 1.87. The molecule has 1 fully saturated rings. The van der Waals surface area contributed by atoms with E-state index in [1.54, 1.807) is 0 Å². The number of aromatic nitrogens is 2. The first-order valence-electron chi connectivity index (χ1n) is 5.63. The smallest absolute Gasteiger partial charge is 0.0559 e. The lowest BCUT2D eigenvalue weighted by atomic mass is 10.1. The molecule has 1 N–H and O–H groups in total. The van der Waals surface area contributed by atoms with E-state index in [1.165, 1.54) is 17.9 Å². The quantitative estimate of drug-likeness (QED) is 0.826. The van der Waals surface area contributed by atoms with Crippen LogP contribution in [0.5, 0.6) is 0 Å². The Hall–Kier alpha value is -0.480. The molecule has 1 saturated heterocycles. The summed E-state index contributed by atoms with van der Waals surface area (Å²) in [5, 5.41) is 7.80. The summed E-state index contributed by atoms with van der Waals surface area (Å²) in [6.45, 7) is 4.35. The van der Waals surface area contributed by atoms with Gasteiger partial charge in [-0.25, -0.2) is 0 Å². The molecule has 15 heavy (non-hydrogen) atoms. The fraction of sp³-hybridized carbons (Fsp3) is 0.727. The number of nitrogens with one attached hydrogen (secondary N) is 1. The van der Waals surface area contributed by atoms with Crippen LogP contribution in [0, 0.1) is 5.92 Å². The average molecular weight is 225 g/mol. The second kappa shape index (κ2) is 5.56. The minimum Gasteiger partial charge on any atom is -0.312 e. The van der Waals surface area contributed by atoms with Gasteiger partial charge in [-0.15, -0.1) is 0 Å². The van der Waals surface area contributed by atoms with Crippen LogP contribution in [0.2, 0.25) is 0 Å². The van der Waals surface area contributed by atoms with Crippen LogP contribution in [0.1, 0.15) is 13.3 Å². The van der Waals surface area contributed by atoms with Crippen LogP contribution in [0.3, 0.4) is 0 Å². The summed E-state index contributed by atoms with van der Waals surface area (Å²) < 4.78 is 1.99. The normalized spacial score (nSPS) is 23.1. The van der Waals surface area contributed by atoms with E-state index in [4.69, 9.17) is 0 Å². The van der Waals surface area contributed by atoms with Crippen LogP contribution in [-0.4, -0.2) is 33.9 Å². The van der Waals surface area contributed by atoms with Gasteiger partial charge in [0.1, 0.15) is 0 Å². The molecule has 2 unspecified atom stereocenters. The van der Waals surface area contributed by atoms with Crippen molar-refractivity contribution in [1.82, 2.24) is 15.1 Å². The van der Waals surface area contributed by atoms with Crippen molar-refractivity contribution in [2.75, 3.05) is 18.1 Å². The van der Waals surface area contributed by atoms with Gasteiger partial charge in [0.2, 0.25) is 0 Å².